The van der Waals surface area contributed by atoms with Crippen LogP contribution in [0.15, 0.2) is 36.4 Å². The van der Waals surface area contributed by atoms with Crippen LogP contribution in [0.3, 0.4) is 0 Å². The van der Waals surface area contributed by atoms with Crippen molar-refractivity contribution in [1.82, 2.24) is 9.80 Å². The molecule has 1 aliphatic heterocycles. The molecule has 5 heteroatoms. The van der Waals surface area contributed by atoms with Crippen LogP contribution in [0, 0.1) is 0 Å². The van der Waals surface area contributed by atoms with Gasteiger partial charge in [-0.3, -0.25) is 14.5 Å². The Hall–Kier alpha value is -2.14. The van der Waals surface area contributed by atoms with Crippen LogP contribution in [-0.4, -0.2) is 54.3 Å². The Morgan fingerprint density at radius 2 is 1.86 bits per heavy atom. The van der Waals surface area contributed by atoms with Gasteiger partial charge in [0.15, 0.2) is 0 Å². The number of benzene rings is 1. The normalized spacial score (nSPS) is 16.9. The molecule has 0 unspecified atom stereocenters. The standard InChI is InChI=1S/C16H21N3O2/c17-15(20)13-18-9-4-10-19(12-11-18)16(21)8-7-14-5-2-1-3-6-14/h1-3,5-8H,4,9-13H2,(H2,17,20). The number of nitrogens with two attached hydrogens (primary N) is 1. The van der Waals surface area contributed by atoms with Gasteiger partial charge < -0.3 is 10.6 Å². The number of carbonyl (C=O) groups excluding carboxylic acids is 2. The van der Waals surface area contributed by atoms with E-state index in [1.807, 2.05) is 46.2 Å². The average Bonchev–Trinajstić information content (AvgIpc) is 2.71. The van der Waals surface area contributed by atoms with Crippen molar-refractivity contribution in [2.24, 2.45) is 5.73 Å². The van der Waals surface area contributed by atoms with Crippen LogP contribution in [0.5, 0.6) is 0 Å². The zero-order valence-electron chi connectivity index (χ0n) is 12.1. The number of nitrogens with zero attached hydrogens (tertiary/aromatic N) is 2. The number of carbonyl (C=O) groups is 2. The van der Waals surface area contributed by atoms with Gasteiger partial charge in [-0.15, -0.1) is 0 Å². The van der Waals surface area contributed by atoms with Crippen molar-refractivity contribution in [3.63, 3.8) is 0 Å². The lowest BCUT2D eigenvalue weighted by atomic mass is 10.2. The fraction of sp³-hybridized carbons (Fsp3) is 0.375. The molecule has 0 atom stereocenters. The molecule has 1 aromatic rings. The Labute approximate surface area is 125 Å². The summed E-state index contributed by atoms with van der Waals surface area (Å²) in [7, 11) is 0. The van der Waals surface area contributed by atoms with E-state index in [2.05, 4.69) is 0 Å². The van der Waals surface area contributed by atoms with E-state index in [0.29, 0.717) is 19.6 Å². The topological polar surface area (TPSA) is 66.6 Å². The molecule has 1 heterocycles. The third kappa shape index (κ3) is 5.04. The highest BCUT2D eigenvalue weighted by atomic mass is 16.2. The maximum Gasteiger partial charge on any atom is 0.246 e. The molecule has 0 aliphatic carbocycles. The van der Waals surface area contributed by atoms with Crippen LogP contribution in [0.1, 0.15) is 12.0 Å². The second-order valence-corrected chi connectivity index (χ2v) is 5.17. The van der Waals surface area contributed by atoms with Crippen molar-refractivity contribution >= 4 is 17.9 Å². The highest BCUT2D eigenvalue weighted by Crippen LogP contribution is 2.06. The van der Waals surface area contributed by atoms with Crippen LogP contribution in [0.25, 0.3) is 6.08 Å². The molecule has 0 bridgehead atoms. The summed E-state index contributed by atoms with van der Waals surface area (Å²) >= 11 is 0. The predicted molar refractivity (Wildman–Crippen MR) is 82.3 cm³/mol. The van der Waals surface area contributed by atoms with Crippen LogP contribution in [0.4, 0.5) is 0 Å². The Morgan fingerprint density at radius 1 is 1.10 bits per heavy atom. The van der Waals surface area contributed by atoms with Crippen LogP contribution in [0.2, 0.25) is 0 Å². The number of amides is 2. The molecular formula is C16H21N3O2. The van der Waals surface area contributed by atoms with E-state index in [9.17, 15) is 9.59 Å². The van der Waals surface area contributed by atoms with E-state index in [1.165, 1.54) is 0 Å². The molecule has 0 aromatic heterocycles. The number of primary amides is 1. The van der Waals surface area contributed by atoms with E-state index < -0.39 is 0 Å². The Balaban J connectivity index is 1.88. The quantitative estimate of drug-likeness (QED) is 0.830. The molecule has 21 heavy (non-hydrogen) atoms. The van der Waals surface area contributed by atoms with E-state index in [1.54, 1.807) is 6.08 Å². The molecule has 1 fully saturated rings. The first-order chi connectivity index (χ1) is 10.1. The Morgan fingerprint density at radius 3 is 2.57 bits per heavy atom. The fourth-order valence-corrected chi connectivity index (χ4v) is 2.41. The van der Waals surface area contributed by atoms with Crippen LogP contribution in [-0.2, 0) is 9.59 Å². The summed E-state index contributed by atoms with van der Waals surface area (Å²) in [5.41, 5.74) is 6.22. The summed E-state index contributed by atoms with van der Waals surface area (Å²) in [4.78, 5) is 26.9. The van der Waals surface area contributed by atoms with Gasteiger partial charge in [0.25, 0.3) is 0 Å². The molecule has 112 valence electrons. The average molecular weight is 287 g/mol. The van der Waals surface area contributed by atoms with Crippen molar-refractivity contribution in [3.8, 4) is 0 Å². The second kappa shape index (κ2) is 7.59. The lowest BCUT2D eigenvalue weighted by Crippen LogP contribution is -2.37. The molecule has 0 spiro atoms. The van der Waals surface area contributed by atoms with E-state index >= 15 is 0 Å². The summed E-state index contributed by atoms with van der Waals surface area (Å²) < 4.78 is 0. The highest BCUT2D eigenvalue weighted by molar-refractivity contribution is 5.91. The summed E-state index contributed by atoms with van der Waals surface area (Å²) in [6.45, 7) is 3.10. The lowest BCUT2D eigenvalue weighted by molar-refractivity contribution is -0.125. The lowest BCUT2D eigenvalue weighted by Gasteiger charge is -2.19. The summed E-state index contributed by atoms with van der Waals surface area (Å²) in [6, 6.07) is 9.75. The van der Waals surface area contributed by atoms with Crippen molar-refractivity contribution in [2.75, 3.05) is 32.7 Å². The minimum absolute atomic E-state index is 0.0137. The SMILES string of the molecule is NC(=O)CN1CCCN(C(=O)C=Cc2ccccc2)CC1. The minimum Gasteiger partial charge on any atom is -0.369 e. The maximum atomic E-state index is 12.2. The summed E-state index contributed by atoms with van der Waals surface area (Å²) in [6.07, 6.45) is 4.30. The zero-order valence-corrected chi connectivity index (χ0v) is 12.1. The second-order valence-electron chi connectivity index (χ2n) is 5.17. The van der Waals surface area contributed by atoms with Crippen LogP contribution >= 0.6 is 0 Å². The molecule has 2 N–H and O–H groups in total. The van der Waals surface area contributed by atoms with Gasteiger partial charge in [0.1, 0.15) is 0 Å². The van der Waals surface area contributed by atoms with Crippen molar-refractivity contribution < 1.29 is 9.59 Å². The molecule has 1 saturated heterocycles. The van der Waals surface area contributed by atoms with Gasteiger partial charge in [0.05, 0.1) is 6.54 Å². The number of hydrogen-bond acceptors (Lipinski definition) is 3. The molecule has 1 aliphatic rings. The van der Waals surface area contributed by atoms with Gasteiger partial charge in [-0.05, 0) is 18.1 Å². The smallest absolute Gasteiger partial charge is 0.246 e. The molecule has 2 amide bonds. The molecular weight excluding hydrogens is 266 g/mol. The van der Waals surface area contributed by atoms with Gasteiger partial charge in [-0.1, -0.05) is 30.3 Å². The first-order valence-corrected chi connectivity index (χ1v) is 7.18. The van der Waals surface area contributed by atoms with E-state index in [-0.39, 0.29) is 18.4 Å². The molecule has 0 radical (unpaired) electrons. The molecule has 0 saturated carbocycles. The van der Waals surface area contributed by atoms with Gasteiger partial charge >= 0.3 is 0 Å². The number of hydrogen-bond donors (Lipinski definition) is 1. The Kier molecular flexibility index (Phi) is 5.51. The van der Waals surface area contributed by atoms with E-state index in [0.717, 1.165) is 18.5 Å². The zero-order chi connectivity index (χ0) is 15.1. The summed E-state index contributed by atoms with van der Waals surface area (Å²) in [5, 5.41) is 0. The summed E-state index contributed by atoms with van der Waals surface area (Å²) in [5.74, 6) is -0.307. The molecule has 1 aromatic carbocycles. The molecule has 2 rings (SSSR count). The van der Waals surface area contributed by atoms with Crippen molar-refractivity contribution in [3.05, 3.63) is 42.0 Å². The van der Waals surface area contributed by atoms with Gasteiger partial charge in [0.2, 0.25) is 11.8 Å². The molecule has 5 nitrogen and oxygen atoms in total. The third-order valence-electron chi connectivity index (χ3n) is 3.50. The first kappa shape index (κ1) is 15.3. The van der Waals surface area contributed by atoms with E-state index in [4.69, 9.17) is 5.73 Å². The van der Waals surface area contributed by atoms with Crippen LogP contribution < -0.4 is 5.73 Å². The monoisotopic (exact) mass is 287 g/mol. The maximum absolute atomic E-state index is 12.2. The highest BCUT2D eigenvalue weighted by Gasteiger charge is 2.18. The third-order valence-corrected chi connectivity index (χ3v) is 3.50. The minimum atomic E-state index is -0.321. The largest absolute Gasteiger partial charge is 0.369 e. The first-order valence-electron chi connectivity index (χ1n) is 7.18. The number of rotatable bonds is 4. The van der Waals surface area contributed by atoms with Gasteiger partial charge in [-0.2, -0.15) is 0 Å². The van der Waals surface area contributed by atoms with Crippen molar-refractivity contribution in [2.45, 2.75) is 6.42 Å². The predicted octanol–water partition coefficient (Wildman–Crippen LogP) is 0.719. The Bertz CT molecular complexity index is 514. The fourth-order valence-electron chi connectivity index (χ4n) is 2.41. The van der Waals surface area contributed by atoms with Crippen molar-refractivity contribution in [1.29, 1.82) is 0 Å². The van der Waals surface area contributed by atoms with Gasteiger partial charge in [0, 0.05) is 32.3 Å². The van der Waals surface area contributed by atoms with Gasteiger partial charge in [-0.25, -0.2) is 0 Å².